The van der Waals surface area contributed by atoms with Crippen LogP contribution >= 0.6 is 0 Å². The molecule has 5 heteroatoms. The zero-order valence-electron chi connectivity index (χ0n) is 15.0. The Kier molecular flexibility index (Phi) is 4.66. The first-order valence-corrected chi connectivity index (χ1v) is 8.84. The third-order valence-electron chi connectivity index (χ3n) is 4.65. The number of benzene rings is 2. The first kappa shape index (κ1) is 17.0. The fourth-order valence-electron chi connectivity index (χ4n) is 3.23. The standard InChI is InChI=1S/C22H21N3O2/c1-27-17-10-7-16(8-11-17)20(25-19-6-2-3-13-23-19)18-12-9-15-5-4-14-24-21(15)22(18)26/h2-12,14,20,23,25-26H,13H2,1H3. The summed E-state index contributed by atoms with van der Waals surface area (Å²) in [7, 11) is 1.65. The smallest absolute Gasteiger partial charge is 0.147 e. The van der Waals surface area contributed by atoms with Gasteiger partial charge in [-0.2, -0.15) is 0 Å². The van der Waals surface area contributed by atoms with Crippen molar-refractivity contribution < 1.29 is 9.84 Å². The number of allylic oxidation sites excluding steroid dienone is 2. The number of dihydropyridines is 1. The molecule has 2 heterocycles. The van der Waals surface area contributed by atoms with Crippen LogP contribution in [0.15, 0.2) is 78.8 Å². The molecule has 0 saturated heterocycles. The maximum absolute atomic E-state index is 10.9. The summed E-state index contributed by atoms with van der Waals surface area (Å²) in [5.74, 6) is 1.88. The number of fused-ring (bicyclic) bond motifs is 1. The number of nitrogens with zero attached hydrogens (tertiary/aromatic N) is 1. The van der Waals surface area contributed by atoms with Crippen LogP contribution in [0.4, 0.5) is 0 Å². The van der Waals surface area contributed by atoms with Gasteiger partial charge in [0.2, 0.25) is 0 Å². The number of nitrogens with one attached hydrogen (secondary N) is 2. The number of hydrogen-bond donors (Lipinski definition) is 3. The van der Waals surface area contributed by atoms with Crippen LogP contribution in [0, 0.1) is 0 Å². The van der Waals surface area contributed by atoms with Gasteiger partial charge in [0.15, 0.2) is 0 Å². The molecule has 3 aromatic rings. The molecule has 1 atom stereocenters. The van der Waals surface area contributed by atoms with Crippen molar-refractivity contribution in [3.05, 3.63) is 89.9 Å². The van der Waals surface area contributed by atoms with Crippen molar-refractivity contribution in [3.8, 4) is 11.5 Å². The van der Waals surface area contributed by atoms with Gasteiger partial charge in [0.25, 0.3) is 0 Å². The van der Waals surface area contributed by atoms with Crippen LogP contribution in [-0.4, -0.2) is 23.7 Å². The van der Waals surface area contributed by atoms with Crippen molar-refractivity contribution in [1.82, 2.24) is 15.6 Å². The lowest BCUT2D eigenvalue weighted by molar-refractivity contribution is 0.414. The first-order valence-electron chi connectivity index (χ1n) is 8.84. The minimum absolute atomic E-state index is 0.188. The normalized spacial score (nSPS) is 14.3. The third-order valence-corrected chi connectivity index (χ3v) is 4.65. The summed E-state index contributed by atoms with van der Waals surface area (Å²) < 4.78 is 5.27. The number of methoxy groups -OCH3 is 1. The fraction of sp³-hybridized carbons (Fsp3) is 0.136. The molecule has 1 aromatic heterocycles. The predicted octanol–water partition coefficient (Wildman–Crippen LogP) is 3.63. The summed E-state index contributed by atoms with van der Waals surface area (Å²) >= 11 is 0. The molecule has 1 unspecified atom stereocenters. The second-order valence-corrected chi connectivity index (χ2v) is 6.32. The highest BCUT2D eigenvalue weighted by atomic mass is 16.5. The lowest BCUT2D eigenvalue weighted by Crippen LogP contribution is -2.31. The van der Waals surface area contributed by atoms with Crippen molar-refractivity contribution in [1.29, 1.82) is 0 Å². The van der Waals surface area contributed by atoms with Crippen molar-refractivity contribution in [2.45, 2.75) is 6.04 Å². The zero-order valence-corrected chi connectivity index (χ0v) is 15.0. The zero-order chi connectivity index (χ0) is 18.6. The number of rotatable bonds is 5. The number of pyridine rings is 1. The van der Waals surface area contributed by atoms with Crippen LogP contribution in [0.5, 0.6) is 11.5 Å². The van der Waals surface area contributed by atoms with Gasteiger partial charge in [-0.25, -0.2) is 0 Å². The Labute approximate surface area is 158 Å². The molecule has 0 spiro atoms. The molecule has 0 aliphatic carbocycles. The van der Waals surface area contributed by atoms with Crippen LogP contribution in [0.25, 0.3) is 10.9 Å². The fourth-order valence-corrected chi connectivity index (χ4v) is 3.23. The highest BCUT2D eigenvalue weighted by Gasteiger charge is 2.21. The third kappa shape index (κ3) is 3.44. The lowest BCUT2D eigenvalue weighted by Gasteiger charge is -2.25. The number of ether oxygens (including phenoxy) is 1. The largest absolute Gasteiger partial charge is 0.505 e. The molecule has 27 heavy (non-hydrogen) atoms. The van der Waals surface area contributed by atoms with E-state index < -0.39 is 0 Å². The highest BCUT2D eigenvalue weighted by molar-refractivity contribution is 5.85. The van der Waals surface area contributed by atoms with Crippen LogP contribution < -0.4 is 15.4 Å². The van der Waals surface area contributed by atoms with Crippen molar-refractivity contribution in [3.63, 3.8) is 0 Å². The van der Waals surface area contributed by atoms with Gasteiger partial charge in [0, 0.05) is 23.7 Å². The van der Waals surface area contributed by atoms with Gasteiger partial charge in [-0.1, -0.05) is 42.5 Å². The number of aromatic hydroxyl groups is 1. The van der Waals surface area contributed by atoms with Gasteiger partial charge in [0.1, 0.15) is 17.0 Å². The maximum Gasteiger partial charge on any atom is 0.147 e. The van der Waals surface area contributed by atoms with Gasteiger partial charge in [-0.3, -0.25) is 4.98 Å². The van der Waals surface area contributed by atoms with Crippen LogP contribution in [0.3, 0.4) is 0 Å². The predicted molar refractivity (Wildman–Crippen MR) is 107 cm³/mol. The minimum atomic E-state index is -0.243. The summed E-state index contributed by atoms with van der Waals surface area (Å²) in [4.78, 5) is 4.35. The van der Waals surface area contributed by atoms with E-state index >= 15 is 0 Å². The molecule has 0 saturated carbocycles. The molecule has 4 rings (SSSR count). The minimum Gasteiger partial charge on any atom is -0.505 e. The van der Waals surface area contributed by atoms with Gasteiger partial charge in [-0.15, -0.1) is 0 Å². The van der Waals surface area contributed by atoms with Crippen LogP contribution in [0.2, 0.25) is 0 Å². The van der Waals surface area contributed by atoms with E-state index in [-0.39, 0.29) is 11.8 Å². The Hall–Kier alpha value is -3.47. The van der Waals surface area contributed by atoms with E-state index in [1.54, 1.807) is 13.3 Å². The van der Waals surface area contributed by atoms with E-state index in [1.165, 1.54) is 0 Å². The van der Waals surface area contributed by atoms with E-state index in [4.69, 9.17) is 4.74 Å². The highest BCUT2D eigenvalue weighted by Crippen LogP contribution is 2.35. The summed E-state index contributed by atoms with van der Waals surface area (Å²) in [5, 5.41) is 18.6. The number of aromatic nitrogens is 1. The molecular formula is C22H21N3O2. The maximum atomic E-state index is 10.9. The quantitative estimate of drug-likeness (QED) is 0.649. The Bertz CT molecular complexity index is 1010. The Morgan fingerprint density at radius 1 is 1.15 bits per heavy atom. The summed E-state index contributed by atoms with van der Waals surface area (Å²) in [6.07, 6.45) is 7.73. The van der Waals surface area contributed by atoms with Crippen LogP contribution in [0.1, 0.15) is 17.2 Å². The molecule has 0 radical (unpaired) electrons. The van der Waals surface area contributed by atoms with E-state index in [9.17, 15) is 5.11 Å². The van der Waals surface area contributed by atoms with E-state index in [0.717, 1.165) is 34.6 Å². The molecule has 0 amide bonds. The van der Waals surface area contributed by atoms with Crippen molar-refractivity contribution >= 4 is 10.9 Å². The van der Waals surface area contributed by atoms with E-state index in [0.29, 0.717) is 5.52 Å². The summed E-state index contributed by atoms with van der Waals surface area (Å²) in [5.41, 5.74) is 2.38. The summed E-state index contributed by atoms with van der Waals surface area (Å²) in [6.45, 7) is 0.763. The SMILES string of the molecule is COc1ccc(C(NC2=CC=CCN2)c2ccc3cccnc3c2O)cc1. The molecule has 1 aliphatic rings. The molecule has 136 valence electrons. The second-order valence-electron chi connectivity index (χ2n) is 6.32. The Morgan fingerprint density at radius 2 is 2.00 bits per heavy atom. The van der Waals surface area contributed by atoms with Crippen molar-refractivity contribution in [2.75, 3.05) is 13.7 Å². The number of phenols is 1. The molecule has 5 nitrogen and oxygen atoms in total. The lowest BCUT2D eigenvalue weighted by atomic mass is 9.96. The van der Waals surface area contributed by atoms with E-state index in [1.807, 2.05) is 66.8 Å². The van der Waals surface area contributed by atoms with Crippen molar-refractivity contribution in [2.24, 2.45) is 0 Å². The first-order chi connectivity index (χ1) is 13.3. The topological polar surface area (TPSA) is 66.4 Å². The monoisotopic (exact) mass is 359 g/mol. The number of hydrogen-bond acceptors (Lipinski definition) is 5. The number of phenolic OH excluding ortho intramolecular Hbond substituents is 1. The molecular weight excluding hydrogens is 338 g/mol. The van der Waals surface area contributed by atoms with Gasteiger partial charge in [0.05, 0.1) is 19.0 Å². The molecule has 0 fully saturated rings. The van der Waals surface area contributed by atoms with E-state index in [2.05, 4.69) is 15.6 Å². The van der Waals surface area contributed by atoms with Gasteiger partial charge in [-0.05, 0) is 29.8 Å². The summed E-state index contributed by atoms with van der Waals surface area (Å²) in [6, 6.07) is 15.3. The Morgan fingerprint density at radius 3 is 2.74 bits per heavy atom. The molecule has 0 bridgehead atoms. The van der Waals surface area contributed by atoms with Gasteiger partial charge >= 0.3 is 0 Å². The van der Waals surface area contributed by atoms with Gasteiger partial charge < -0.3 is 20.5 Å². The van der Waals surface area contributed by atoms with Crippen LogP contribution in [-0.2, 0) is 0 Å². The average molecular weight is 359 g/mol. The second kappa shape index (κ2) is 7.41. The molecule has 1 aliphatic heterocycles. The Balaban J connectivity index is 1.80. The average Bonchev–Trinajstić information content (AvgIpc) is 2.74. The molecule has 2 aromatic carbocycles. The molecule has 3 N–H and O–H groups in total.